The van der Waals surface area contributed by atoms with E-state index < -0.39 is 5.82 Å². The van der Waals surface area contributed by atoms with Gasteiger partial charge in [-0.05, 0) is 31.4 Å². The van der Waals surface area contributed by atoms with Gasteiger partial charge in [-0.2, -0.15) is 0 Å². The minimum absolute atomic E-state index is 0.212. The smallest absolute Gasteiger partial charge is 0.269 e. The first kappa shape index (κ1) is 11.0. The number of hydrogen-bond donors (Lipinski definition) is 2. The molecule has 1 aromatic rings. The van der Waals surface area contributed by atoms with Crippen molar-refractivity contribution in [1.29, 1.82) is 0 Å². The second-order valence-corrected chi connectivity index (χ2v) is 4.26. The molecule has 16 heavy (non-hydrogen) atoms. The second kappa shape index (κ2) is 4.17. The van der Waals surface area contributed by atoms with Crippen molar-refractivity contribution in [2.45, 2.75) is 24.8 Å². The Morgan fingerprint density at radius 2 is 2.31 bits per heavy atom. The highest BCUT2D eigenvalue weighted by atomic mass is 19.1. The predicted molar refractivity (Wildman–Crippen MR) is 57.3 cm³/mol. The third-order valence-corrected chi connectivity index (χ3v) is 2.91. The van der Waals surface area contributed by atoms with Crippen LogP contribution in [0.1, 0.15) is 29.8 Å². The maximum absolute atomic E-state index is 12.6. The molecule has 0 aliphatic heterocycles. The van der Waals surface area contributed by atoms with Gasteiger partial charge in [0, 0.05) is 12.1 Å². The topological polar surface area (TPSA) is 68.0 Å². The van der Waals surface area contributed by atoms with Crippen molar-refractivity contribution in [2.24, 2.45) is 5.73 Å². The van der Waals surface area contributed by atoms with Crippen molar-refractivity contribution < 1.29 is 9.18 Å². The molecule has 86 valence electrons. The Morgan fingerprint density at radius 1 is 1.56 bits per heavy atom. The number of nitrogens with two attached hydrogens (primary N) is 1. The Morgan fingerprint density at radius 3 is 2.81 bits per heavy atom. The lowest BCUT2D eigenvalue weighted by molar-refractivity contribution is 0.0924. The molecule has 0 bridgehead atoms. The fraction of sp³-hybridized carbons (Fsp3) is 0.455. The zero-order chi connectivity index (χ0) is 11.6. The third kappa shape index (κ3) is 2.36. The Hall–Kier alpha value is -1.49. The van der Waals surface area contributed by atoms with Gasteiger partial charge in [0.05, 0.1) is 6.20 Å². The number of nitrogens with zero attached hydrogens (tertiary/aromatic N) is 1. The van der Waals surface area contributed by atoms with Gasteiger partial charge in [0.25, 0.3) is 5.91 Å². The van der Waals surface area contributed by atoms with E-state index in [0.29, 0.717) is 6.54 Å². The van der Waals surface area contributed by atoms with Crippen molar-refractivity contribution in [3.8, 4) is 0 Å². The van der Waals surface area contributed by atoms with Crippen LogP contribution in [0.25, 0.3) is 0 Å². The van der Waals surface area contributed by atoms with Gasteiger partial charge in [-0.1, -0.05) is 0 Å². The van der Waals surface area contributed by atoms with Crippen LogP contribution in [0.15, 0.2) is 18.3 Å². The minimum Gasteiger partial charge on any atom is -0.349 e. The summed E-state index contributed by atoms with van der Waals surface area (Å²) in [5.74, 6) is -0.762. The molecule has 1 amide bonds. The number of carbonyl (C=O) groups is 1. The molecule has 1 aromatic heterocycles. The average Bonchev–Trinajstić information content (AvgIpc) is 2.24. The normalized spacial score (nSPS) is 17.6. The summed E-state index contributed by atoms with van der Waals surface area (Å²) >= 11 is 0. The standard InChI is InChI=1S/C11H14FN3O/c12-8-2-3-9(14-6-8)10(16)15-7-11(13)4-1-5-11/h2-3,6H,1,4-5,7,13H2,(H,15,16). The third-order valence-electron chi connectivity index (χ3n) is 2.91. The van der Waals surface area contributed by atoms with Crippen LogP contribution in [0.3, 0.4) is 0 Å². The average molecular weight is 223 g/mol. The molecular weight excluding hydrogens is 209 g/mol. The van der Waals surface area contributed by atoms with Crippen LogP contribution in [0.5, 0.6) is 0 Å². The number of nitrogens with one attached hydrogen (secondary N) is 1. The molecule has 2 rings (SSSR count). The first-order chi connectivity index (χ1) is 7.59. The molecule has 0 radical (unpaired) electrons. The lowest BCUT2D eigenvalue weighted by Crippen LogP contribution is -2.55. The van der Waals surface area contributed by atoms with Gasteiger partial charge in [-0.3, -0.25) is 4.79 Å². The Kier molecular flexibility index (Phi) is 2.87. The van der Waals surface area contributed by atoms with Crippen LogP contribution in [-0.2, 0) is 0 Å². The largest absolute Gasteiger partial charge is 0.349 e. The van der Waals surface area contributed by atoms with Crippen molar-refractivity contribution in [3.63, 3.8) is 0 Å². The summed E-state index contributed by atoms with van der Waals surface area (Å²) in [7, 11) is 0. The molecule has 0 saturated heterocycles. The van der Waals surface area contributed by atoms with E-state index in [4.69, 9.17) is 5.73 Å². The maximum atomic E-state index is 12.6. The molecule has 1 heterocycles. The Bertz CT molecular complexity index is 387. The number of pyridine rings is 1. The van der Waals surface area contributed by atoms with Gasteiger partial charge in [-0.15, -0.1) is 0 Å². The molecule has 1 aliphatic carbocycles. The highest BCUT2D eigenvalue weighted by Crippen LogP contribution is 2.28. The van der Waals surface area contributed by atoms with Gasteiger partial charge < -0.3 is 11.1 Å². The molecule has 1 saturated carbocycles. The first-order valence-electron chi connectivity index (χ1n) is 5.28. The highest BCUT2D eigenvalue weighted by molar-refractivity contribution is 5.92. The van der Waals surface area contributed by atoms with E-state index in [-0.39, 0.29) is 17.1 Å². The molecule has 5 heteroatoms. The summed E-state index contributed by atoms with van der Waals surface area (Å²) in [5, 5.41) is 2.71. The fourth-order valence-electron chi connectivity index (χ4n) is 1.66. The molecule has 1 aliphatic rings. The second-order valence-electron chi connectivity index (χ2n) is 4.26. The highest BCUT2D eigenvalue weighted by Gasteiger charge is 2.32. The summed E-state index contributed by atoms with van der Waals surface area (Å²) in [6, 6.07) is 2.57. The van der Waals surface area contributed by atoms with Crippen LogP contribution < -0.4 is 11.1 Å². The first-order valence-corrected chi connectivity index (χ1v) is 5.28. The molecule has 4 nitrogen and oxygen atoms in total. The molecule has 0 unspecified atom stereocenters. The van der Waals surface area contributed by atoms with Crippen molar-refractivity contribution in [2.75, 3.05) is 6.54 Å². The lowest BCUT2D eigenvalue weighted by atomic mass is 9.78. The van der Waals surface area contributed by atoms with Crippen molar-refractivity contribution in [1.82, 2.24) is 10.3 Å². The zero-order valence-electron chi connectivity index (χ0n) is 8.87. The van der Waals surface area contributed by atoms with Gasteiger partial charge in [-0.25, -0.2) is 9.37 Å². The lowest BCUT2D eigenvalue weighted by Gasteiger charge is -2.38. The molecule has 1 fully saturated rings. The van der Waals surface area contributed by atoms with Gasteiger partial charge in [0.2, 0.25) is 0 Å². The number of halogens is 1. The number of rotatable bonds is 3. The summed E-state index contributed by atoms with van der Waals surface area (Å²) in [4.78, 5) is 15.3. The van der Waals surface area contributed by atoms with Gasteiger partial charge >= 0.3 is 0 Å². The van der Waals surface area contributed by atoms with Crippen molar-refractivity contribution >= 4 is 5.91 Å². The number of hydrogen-bond acceptors (Lipinski definition) is 3. The summed E-state index contributed by atoms with van der Waals surface area (Å²) in [6.07, 6.45) is 4.01. The number of carbonyl (C=O) groups excluding carboxylic acids is 1. The Balaban J connectivity index is 1.90. The fourth-order valence-corrected chi connectivity index (χ4v) is 1.66. The van der Waals surface area contributed by atoms with E-state index in [2.05, 4.69) is 10.3 Å². The Labute approximate surface area is 93.1 Å². The van der Waals surface area contributed by atoms with E-state index in [1.54, 1.807) is 0 Å². The predicted octanol–water partition coefficient (Wildman–Crippen LogP) is 0.832. The molecule has 3 N–H and O–H groups in total. The SMILES string of the molecule is NC1(CNC(=O)c2ccc(F)cn2)CCC1. The summed E-state index contributed by atoms with van der Waals surface area (Å²) < 4.78 is 12.6. The maximum Gasteiger partial charge on any atom is 0.269 e. The van der Waals surface area contributed by atoms with Crippen LogP contribution in [0.4, 0.5) is 4.39 Å². The zero-order valence-corrected chi connectivity index (χ0v) is 8.87. The molecule has 0 aromatic carbocycles. The van der Waals surface area contributed by atoms with E-state index in [1.165, 1.54) is 12.1 Å². The van der Waals surface area contributed by atoms with Crippen LogP contribution in [-0.4, -0.2) is 23.0 Å². The van der Waals surface area contributed by atoms with E-state index >= 15 is 0 Å². The quantitative estimate of drug-likeness (QED) is 0.797. The molecule has 0 atom stereocenters. The van der Waals surface area contributed by atoms with Crippen LogP contribution >= 0.6 is 0 Å². The molecule has 0 spiro atoms. The molecular formula is C11H14FN3O. The number of amides is 1. The van der Waals surface area contributed by atoms with E-state index in [0.717, 1.165) is 25.5 Å². The van der Waals surface area contributed by atoms with Gasteiger partial charge in [0.1, 0.15) is 11.5 Å². The monoisotopic (exact) mass is 223 g/mol. The van der Waals surface area contributed by atoms with Gasteiger partial charge in [0.15, 0.2) is 0 Å². The summed E-state index contributed by atoms with van der Waals surface area (Å²) in [6.45, 7) is 0.449. The van der Waals surface area contributed by atoms with Crippen LogP contribution in [0.2, 0.25) is 0 Å². The summed E-state index contributed by atoms with van der Waals surface area (Å²) in [5.41, 5.74) is 5.92. The minimum atomic E-state index is -0.453. The van der Waals surface area contributed by atoms with E-state index in [1.807, 2.05) is 0 Å². The van der Waals surface area contributed by atoms with Crippen LogP contribution in [0, 0.1) is 5.82 Å². The van der Waals surface area contributed by atoms with E-state index in [9.17, 15) is 9.18 Å². The van der Waals surface area contributed by atoms with Crippen molar-refractivity contribution in [3.05, 3.63) is 29.8 Å². The number of aromatic nitrogens is 1.